The topological polar surface area (TPSA) is 30.5 Å². The molecule has 4 heteroatoms. The molecular weight excluding hydrogens is 334 g/mol. The Morgan fingerprint density at radius 2 is 1.72 bits per heavy atom. The molecule has 3 nitrogen and oxygen atoms in total. The Labute approximate surface area is 156 Å². The molecule has 1 N–H and O–H groups in total. The zero-order valence-corrected chi connectivity index (χ0v) is 16.3. The van der Waals surface area contributed by atoms with Crippen LogP contribution in [-0.4, -0.2) is 12.1 Å². The summed E-state index contributed by atoms with van der Waals surface area (Å²) in [5.41, 5.74) is 2.26. The Bertz CT molecular complexity index is 671. The second kappa shape index (κ2) is 9.12. The summed E-state index contributed by atoms with van der Waals surface area (Å²) < 4.78 is 11.7. The van der Waals surface area contributed by atoms with Crippen LogP contribution in [0.25, 0.3) is 0 Å². The van der Waals surface area contributed by atoms with Gasteiger partial charge >= 0.3 is 0 Å². The van der Waals surface area contributed by atoms with Gasteiger partial charge in [0.25, 0.3) is 0 Å². The number of benzene rings is 2. The molecule has 0 aliphatic carbocycles. The van der Waals surface area contributed by atoms with Crippen LogP contribution in [-0.2, 0) is 13.2 Å². The Morgan fingerprint density at radius 3 is 2.36 bits per heavy atom. The van der Waals surface area contributed by atoms with E-state index in [0.717, 1.165) is 24.1 Å². The predicted molar refractivity (Wildman–Crippen MR) is 105 cm³/mol. The van der Waals surface area contributed by atoms with Gasteiger partial charge in [0, 0.05) is 12.1 Å². The zero-order valence-electron chi connectivity index (χ0n) is 15.6. The molecule has 0 fully saturated rings. The van der Waals surface area contributed by atoms with Crippen LogP contribution in [0.2, 0.25) is 5.02 Å². The summed E-state index contributed by atoms with van der Waals surface area (Å²) in [4.78, 5) is 0. The maximum Gasteiger partial charge on any atom is 0.180 e. The van der Waals surface area contributed by atoms with Crippen LogP contribution in [0.3, 0.4) is 0 Å². The second-order valence-corrected chi connectivity index (χ2v) is 7.11. The Morgan fingerprint density at radius 1 is 1.00 bits per heavy atom. The van der Waals surface area contributed by atoms with Crippen molar-refractivity contribution < 1.29 is 9.47 Å². The van der Waals surface area contributed by atoms with E-state index < -0.39 is 0 Å². The highest BCUT2D eigenvalue weighted by atomic mass is 35.5. The van der Waals surface area contributed by atoms with Gasteiger partial charge < -0.3 is 14.8 Å². The molecule has 136 valence electrons. The standard InChI is InChI=1S/C21H28ClNO2/c1-5-21(3,4)23-14-17-12-18(22)20(19(13-17)24-6-2)25-15-16-10-8-7-9-11-16/h7-13,23H,5-6,14-15H2,1-4H3. The molecule has 0 saturated carbocycles. The van der Waals surface area contributed by atoms with Gasteiger partial charge in [-0.2, -0.15) is 0 Å². The third-order valence-corrected chi connectivity index (χ3v) is 4.53. The number of nitrogens with one attached hydrogen (secondary N) is 1. The summed E-state index contributed by atoms with van der Waals surface area (Å²) in [5.74, 6) is 1.29. The Balaban J connectivity index is 2.16. The SMILES string of the molecule is CCOc1cc(CNC(C)(C)CC)cc(Cl)c1OCc1ccccc1. The van der Waals surface area contributed by atoms with Crippen LogP contribution < -0.4 is 14.8 Å². The molecule has 2 aromatic rings. The highest BCUT2D eigenvalue weighted by molar-refractivity contribution is 6.32. The lowest BCUT2D eigenvalue weighted by atomic mass is 10.0. The average Bonchev–Trinajstić information content (AvgIpc) is 2.60. The first-order valence-corrected chi connectivity index (χ1v) is 9.20. The van der Waals surface area contributed by atoms with Gasteiger partial charge in [-0.1, -0.05) is 48.9 Å². The minimum atomic E-state index is 0.0841. The molecule has 0 heterocycles. The fourth-order valence-electron chi connectivity index (χ4n) is 2.32. The molecule has 0 amide bonds. The molecule has 0 radical (unpaired) electrons. The van der Waals surface area contributed by atoms with E-state index in [4.69, 9.17) is 21.1 Å². The lowest BCUT2D eigenvalue weighted by Crippen LogP contribution is -2.37. The van der Waals surface area contributed by atoms with Gasteiger partial charge in [-0.15, -0.1) is 0 Å². The molecule has 0 bridgehead atoms. The van der Waals surface area contributed by atoms with Crippen LogP contribution in [0, 0.1) is 0 Å². The van der Waals surface area contributed by atoms with Crippen molar-refractivity contribution in [2.75, 3.05) is 6.61 Å². The first kappa shape index (κ1) is 19.6. The van der Waals surface area contributed by atoms with Gasteiger partial charge in [0.15, 0.2) is 11.5 Å². The lowest BCUT2D eigenvalue weighted by Gasteiger charge is -2.25. The molecule has 0 unspecified atom stereocenters. The third-order valence-electron chi connectivity index (χ3n) is 4.25. The predicted octanol–water partition coefficient (Wildman–Crippen LogP) is 5.60. The van der Waals surface area contributed by atoms with Crippen LogP contribution in [0.1, 0.15) is 45.2 Å². The molecule has 25 heavy (non-hydrogen) atoms. The molecule has 0 saturated heterocycles. The summed E-state index contributed by atoms with van der Waals surface area (Å²) in [6, 6.07) is 14.0. The summed E-state index contributed by atoms with van der Waals surface area (Å²) in [6.45, 7) is 10.3. The second-order valence-electron chi connectivity index (χ2n) is 6.70. The van der Waals surface area contributed by atoms with E-state index in [1.807, 2.05) is 49.4 Å². The van der Waals surface area contributed by atoms with Crippen molar-refractivity contribution in [2.45, 2.75) is 52.8 Å². The van der Waals surface area contributed by atoms with Gasteiger partial charge in [0.05, 0.1) is 11.6 Å². The molecule has 0 spiro atoms. The minimum Gasteiger partial charge on any atom is -0.490 e. The average molecular weight is 362 g/mol. The van der Waals surface area contributed by atoms with E-state index in [-0.39, 0.29) is 5.54 Å². The van der Waals surface area contributed by atoms with Crippen molar-refractivity contribution in [3.05, 3.63) is 58.6 Å². The number of hydrogen-bond donors (Lipinski definition) is 1. The Hall–Kier alpha value is -1.71. The van der Waals surface area contributed by atoms with Crippen molar-refractivity contribution >= 4 is 11.6 Å². The van der Waals surface area contributed by atoms with Gasteiger partial charge in [0.1, 0.15) is 6.61 Å². The summed E-state index contributed by atoms with van der Waals surface area (Å²) >= 11 is 6.49. The molecular formula is C21H28ClNO2. The molecule has 2 rings (SSSR count). The van der Waals surface area contributed by atoms with E-state index in [0.29, 0.717) is 29.7 Å². The number of halogens is 1. The van der Waals surface area contributed by atoms with E-state index >= 15 is 0 Å². The first-order valence-electron chi connectivity index (χ1n) is 8.82. The van der Waals surface area contributed by atoms with E-state index in [9.17, 15) is 0 Å². The van der Waals surface area contributed by atoms with Gasteiger partial charge in [0.2, 0.25) is 0 Å². The summed E-state index contributed by atoms with van der Waals surface area (Å²) in [5, 5.41) is 4.12. The van der Waals surface area contributed by atoms with Gasteiger partial charge in [-0.25, -0.2) is 0 Å². The maximum atomic E-state index is 6.49. The molecule has 0 aliphatic heterocycles. The lowest BCUT2D eigenvalue weighted by molar-refractivity contribution is 0.269. The molecule has 0 aromatic heterocycles. The fourth-order valence-corrected chi connectivity index (χ4v) is 2.61. The molecule has 0 aliphatic rings. The Kier molecular flexibility index (Phi) is 7.15. The quantitative estimate of drug-likeness (QED) is 0.631. The van der Waals surface area contributed by atoms with Gasteiger partial charge in [-0.3, -0.25) is 0 Å². The van der Waals surface area contributed by atoms with Crippen molar-refractivity contribution in [2.24, 2.45) is 0 Å². The van der Waals surface area contributed by atoms with E-state index in [2.05, 4.69) is 26.1 Å². The maximum absolute atomic E-state index is 6.49. The van der Waals surface area contributed by atoms with Crippen LogP contribution in [0.15, 0.2) is 42.5 Å². The zero-order chi connectivity index (χ0) is 18.3. The monoisotopic (exact) mass is 361 g/mol. The van der Waals surface area contributed by atoms with E-state index in [1.54, 1.807) is 0 Å². The molecule has 0 atom stereocenters. The van der Waals surface area contributed by atoms with Crippen LogP contribution >= 0.6 is 11.6 Å². The fraction of sp³-hybridized carbons (Fsp3) is 0.429. The first-order chi connectivity index (χ1) is 11.9. The largest absolute Gasteiger partial charge is 0.490 e. The normalized spacial score (nSPS) is 11.4. The highest BCUT2D eigenvalue weighted by Crippen LogP contribution is 2.37. The van der Waals surface area contributed by atoms with E-state index in [1.165, 1.54) is 0 Å². The summed E-state index contributed by atoms with van der Waals surface area (Å²) in [7, 11) is 0. The van der Waals surface area contributed by atoms with Crippen molar-refractivity contribution in [3.63, 3.8) is 0 Å². The van der Waals surface area contributed by atoms with Gasteiger partial charge in [-0.05, 0) is 50.5 Å². The summed E-state index contributed by atoms with van der Waals surface area (Å²) in [6.07, 6.45) is 1.05. The highest BCUT2D eigenvalue weighted by Gasteiger charge is 2.16. The van der Waals surface area contributed by atoms with Crippen LogP contribution in [0.5, 0.6) is 11.5 Å². The number of rotatable bonds is 9. The van der Waals surface area contributed by atoms with Crippen molar-refractivity contribution in [1.29, 1.82) is 0 Å². The third kappa shape index (κ3) is 5.94. The van der Waals surface area contributed by atoms with Crippen LogP contribution in [0.4, 0.5) is 0 Å². The van der Waals surface area contributed by atoms with Crippen molar-refractivity contribution in [1.82, 2.24) is 5.32 Å². The molecule has 2 aromatic carbocycles. The smallest absolute Gasteiger partial charge is 0.180 e. The minimum absolute atomic E-state index is 0.0841. The van der Waals surface area contributed by atoms with Crippen molar-refractivity contribution in [3.8, 4) is 11.5 Å². The number of hydrogen-bond acceptors (Lipinski definition) is 3. The number of ether oxygens (including phenoxy) is 2.